The van der Waals surface area contributed by atoms with Gasteiger partial charge in [-0.15, -0.1) is 11.8 Å². The standard InChI is InChI=1S/C48H52N6O13S2/c1-27(56)50-26-69-25-40(51-42(57)19-49-43(58)38(20-55)53-47(63)66-21-36-32-15-7-3-11-28(32)29-12-4-8-16-33(29)36)44(59)52-41(24-68-2)46(62)65-23-39(45(60)61)54-48(64)67-22-37-34-17-9-5-13-30(34)31-14-6-10-18-35(31)37/h3-18,36-41,55H,19-26H2,1-2H3,(H,49,58)(H,50,56)(H,51,57)(H,52,59)(H,53,63)(H,54,64)(H,60,61)/t38-,39-,40+,41+/m1/s1. The first kappa shape index (κ1) is 51.3. The molecule has 364 valence electrons. The summed E-state index contributed by atoms with van der Waals surface area (Å²) in [6.45, 7) is -1.22. The maximum absolute atomic E-state index is 13.6. The second-order valence-corrected chi connectivity index (χ2v) is 17.7. The zero-order valence-electron chi connectivity index (χ0n) is 37.6. The van der Waals surface area contributed by atoms with Crippen LogP contribution in [-0.2, 0) is 43.0 Å². The smallest absolute Gasteiger partial charge is 0.407 e. The van der Waals surface area contributed by atoms with E-state index in [1.54, 1.807) is 6.26 Å². The molecule has 0 heterocycles. The van der Waals surface area contributed by atoms with Gasteiger partial charge in [0, 0.05) is 30.3 Å². The molecule has 4 aromatic carbocycles. The van der Waals surface area contributed by atoms with Crippen molar-refractivity contribution in [3.63, 3.8) is 0 Å². The van der Waals surface area contributed by atoms with E-state index in [-0.39, 0.29) is 48.3 Å². The van der Waals surface area contributed by atoms with Gasteiger partial charge in [-0.05, 0) is 50.8 Å². The topological polar surface area (TPSA) is 277 Å². The Morgan fingerprint density at radius 2 is 1.06 bits per heavy atom. The number of carbonyl (C=O) groups is 8. The summed E-state index contributed by atoms with van der Waals surface area (Å²) in [5.74, 6) is -6.24. The van der Waals surface area contributed by atoms with Crippen LogP contribution in [0.4, 0.5) is 9.59 Å². The minimum atomic E-state index is -1.72. The lowest BCUT2D eigenvalue weighted by Gasteiger charge is -2.23. The predicted octanol–water partition coefficient (Wildman–Crippen LogP) is 2.70. The molecule has 0 saturated carbocycles. The lowest BCUT2D eigenvalue weighted by atomic mass is 9.98. The van der Waals surface area contributed by atoms with Crippen LogP contribution in [0, 0.1) is 0 Å². The van der Waals surface area contributed by atoms with Gasteiger partial charge in [-0.25, -0.2) is 19.2 Å². The number of carboxylic acid groups (broad SMARTS) is 1. The number of esters is 1. The lowest BCUT2D eigenvalue weighted by molar-refractivity contribution is -0.151. The zero-order chi connectivity index (χ0) is 49.5. The Labute approximate surface area is 405 Å². The van der Waals surface area contributed by atoms with E-state index in [0.717, 1.165) is 68.0 Å². The van der Waals surface area contributed by atoms with Crippen molar-refractivity contribution in [3.05, 3.63) is 119 Å². The molecule has 6 rings (SSSR count). The summed E-state index contributed by atoms with van der Waals surface area (Å²) in [6.07, 6.45) is -0.398. The van der Waals surface area contributed by atoms with Crippen molar-refractivity contribution in [1.82, 2.24) is 31.9 Å². The van der Waals surface area contributed by atoms with Gasteiger partial charge in [0.2, 0.25) is 23.6 Å². The molecule has 4 aromatic rings. The van der Waals surface area contributed by atoms with Gasteiger partial charge in [0.25, 0.3) is 0 Å². The molecule has 0 spiro atoms. The van der Waals surface area contributed by atoms with Gasteiger partial charge in [-0.3, -0.25) is 19.2 Å². The van der Waals surface area contributed by atoms with Crippen LogP contribution in [0.15, 0.2) is 97.1 Å². The summed E-state index contributed by atoms with van der Waals surface area (Å²) in [5, 5.41) is 34.1. The number of aliphatic carboxylic acids is 1. The van der Waals surface area contributed by atoms with Crippen LogP contribution < -0.4 is 31.9 Å². The Balaban J connectivity index is 0.985. The monoisotopic (exact) mass is 984 g/mol. The van der Waals surface area contributed by atoms with E-state index in [1.807, 2.05) is 97.1 Å². The largest absolute Gasteiger partial charge is 0.480 e. The highest BCUT2D eigenvalue weighted by atomic mass is 32.2. The van der Waals surface area contributed by atoms with Crippen molar-refractivity contribution in [2.75, 3.05) is 56.6 Å². The Bertz CT molecular complexity index is 2450. The van der Waals surface area contributed by atoms with E-state index in [0.29, 0.717) is 0 Å². The van der Waals surface area contributed by atoms with Crippen LogP contribution >= 0.6 is 23.5 Å². The highest BCUT2D eigenvalue weighted by Crippen LogP contribution is 2.45. The number of hydrogen-bond donors (Lipinski definition) is 8. The van der Waals surface area contributed by atoms with Crippen molar-refractivity contribution in [1.29, 1.82) is 0 Å². The predicted molar refractivity (Wildman–Crippen MR) is 256 cm³/mol. The SMILES string of the molecule is CSC[C@H](NC(=O)[C@H](CSCNC(C)=O)NC(=O)CNC(=O)[C@@H](CO)NC(=O)OCC1c2ccccc2-c2ccccc21)C(=O)OC[C@@H](NC(=O)OCC1c2ccccc2-c2ccccc21)C(=O)O. The number of benzene rings is 4. The number of fused-ring (bicyclic) bond motifs is 6. The molecule has 21 heteroatoms. The van der Waals surface area contributed by atoms with Crippen molar-refractivity contribution >= 4 is 71.3 Å². The number of carboxylic acids is 1. The molecule has 2 aliphatic rings. The number of amides is 6. The first-order valence-electron chi connectivity index (χ1n) is 21.7. The maximum Gasteiger partial charge on any atom is 0.407 e. The Hall–Kier alpha value is -7.10. The van der Waals surface area contributed by atoms with Crippen LogP contribution in [0.25, 0.3) is 22.3 Å². The first-order chi connectivity index (χ1) is 33.3. The summed E-state index contributed by atoms with van der Waals surface area (Å²) in [4.78, 5) is 102. The zero-order valence-corrected chi connectivity index (χ0v) is 39.2. The molecular weight excluding hydrogens is 933 g/mol. The highest BCUT2D eigenvalue weighted by Gasteiger charge is 2.33. The molecule has 0 unspecified atom stereocenters. The molecule has 19 nitrogen and oxygen atoms in total. The molecule has 0 bridgehead atoms. The number of aliphatic hydroxyl groups is 1. The quantitative estimate of drug-likeness (QED) is 0.0230. The molecule has 0 aliphatic heterocycles. The fraction of sp³-hybridized carbons (Fsp3) is 0.333. The third-order valence-electron chi connectivity index (χ3n) is 11.2. The van der Waals surface area contributed by atoms with Gasteiger partial charge in [-0.1, -0.05) is 97.1 Å². The highest BCUT2D eigenvalue weighted by molar-refractivity contribution is 7.99. The van der Waals surface area contributed by atoms with E-state index in [9.17, 15) is 48.6 Å². The van der Waals surface area contributed by atoms with Crippen LogP contribution in [0.1, 0.15) is 41.0 Å². The number of ether oxygens (including phenoxy) is 3. The van der Waals surface area contributed by atoms with Crippen LogP contribution in [0.2, 0.25) is 0 Å². The fourth-order valence-electron chi connectivity index (χ4n) is 7.86. The van der Waals surface area contributed by atoms with E-state index >= 15 is 0 Å². The van der Waals surface area contributed by atoms with Gasteiger partial charge in [0.05, 0.1) is 19.0 Å². The van der Waals surface area contributed by atoms with Gasteiger partial charge in [0.1, 0.15) is 37.9 Å². The average Bonchev–Trinajstić information content (AvgIpc) is 3.84. The van der Waals surface area contributed by atoms with Crippen molar-refractivity contribution in [3.8, 4) is 22.3 Å². The van der Waals surface area contributed by atoms with E-state index in [1.165, 1.54) is 6.92 Å². The number of rotatable bonds is 23. The van der Waals surface area contributed by atoms with Gasteiger partial charge < -0.3 is 56.3 Å². The normalized spacial score (nSPS) is 13.9. The maximum atomic E-state index is 13.6. The van der Waals surface area contributed by atoms with E-state index in [2.05, 4.69) is 31.9 Å². The summed E-state index contributed by atoms with van der Waals surface area (Å²) >= 11 is 2.20. The van der Waals surface area contributed by atoms with E-state index in [4.69, 9.17) is 14.2 Å². The molecule has 8 N–H and O–H groups in total. The van der Waals surface area contributed by atoms with Crippen LogP contribution in [0.5, 0.6) is 0 Å². The van der Waals surface area contributed by atoms with Crippen molar-refractivity contribution in [2.24, 2.45) is 0 Å². The summed E-state index contributed by atoms with van der Waals surface area (Å²) in [5.41, 5.74) is 7.89. The lowest BCUT2D eigenvalue weighted by Crippen LogP contribution is -2.56. The van der Waals surface area contributed by atoms with Crippen molar-refractivity contribution in [2.45, 2.75) is 42.9 Å². The van der Waals surface area contributed by atoms with Gasteiger partial charge in [-0.2, -0.15) is 11.8 Å². The Morgan fingerprint density at radius 1 is 0.580 bits per heavy atom. The summed E-state index contributed by atoms with van der Waals surface area (Å²) < 4.78 is 16.2. The van der Waals surface area contributed by atoms with Gasteiger partial charge in [0.15, 0.2) is 6.04 Å². The second kappa shape index (κ2) is 24.8. The molecule has 0 fully saturated rings. The van der Waals surface area contributed by atoms with Crippen LogP contribution in [-0.4, -0.2) is 139 Å². The molecule has 4 atom stereocenters. The minimum absolute atomic E-state index is 0.0445. The molecule has 6 amide bonds. The number of nitrogens with one attached hydrogen (secondary N) is 6. The third-order valence-corrected chi connectivity index (χ3v) is 12.8. The molecular formula is C48H52N6O13S2. The third kappa shape index (κ3) is 13.5. The van der Waals surface area contributed by atoms with Crippen molar-refractivity contribution < 1.29 is 62.8 Å². The van der Waals surface area contributed by atoms with Gasteiger partial charge >= 0.3 is 24.1 Å². The number of carbonyl (C=O) groups excluding carboxylic acids is 7. The summed E-state index contributed by atoms with van der Waals surface area (Å²) in [6, 6.07) is 24.9. The fourth-order valence-corrected chi connectivity index (χ4v) is 9.30. The minimum Gasteiger partial charge on any atom is -0.480 e. The first-order valence-corrected chi connectivity index (χ1v) is 24.3. The Morgan fingerprint density at radius 3 is 1.51 bits per heavy atom. The number of alkyl carbamates (subject to hydrolysis) is 2. The molecule has 0 aromatic heterocycles. The van der Waals surface area contributed by atoms with Crippen LogP contribution in [0.3, 0.4) is 0 Å². The molecule has 2 aliphatic carbocycles. The molecule has 0 radical (unpaired) electrons. The van der Waals surface area contributed by atoms with E-state index < -0.39 is 85.8 Å². The molecule has 0 saturated heterocycles. The second-order valence-electron chi connectivity index (χ2n) is 15.8. The molecule has 69 heavy (non-hydrogen) atoms. The Kier molecular flexibility index (Phi) is 18.4. The average molecular weight is 985 g/mol. The number of aliphatic hydroxyl groups excluding tert-OH is 1. The summed E-state index contributed by atoms with van der Waals surface area (Å²) in [7, 11) is 0. The number of hydrogen-bond acceptors (Lipinski definition) is 14. The number of thioether (sulfide) groups is 2.